The Morgan fingerprint density at radius 2 is 1.94 bits per heavy atom. The summed E-state index contributed by atoms with van der Waals surface area (Å²) in [6.07, 6.45) is 5.56. The lowest BCUT2D eigenvalue weighted by Gasteiger charge is -2.46. The molecule has 2 saturated heterocycles. The second-order valence-corrected chi connectivity index (χ2v) is 6.11. The number of piperidine rings is 2. The Balaban J connectivity index is 1.80. The highest BCUT2D eigenvalue weighted by atomic mass is 35.5. The number of nitrogens with zero attached hydrogens (tertiary/aromatic N) is 1. The monoisotopic (exact) mass is 265 g/mol. The molecule has 1 aromatic carbocycles. The Labute approximate surface area is 114 Å². The Hall–Kier alpha value is -0.570. The first-order valence-corrected chi connectivity index (χ1v) is 7.28. The Bertz CT molecular complexity index is 419. The summed E-state index contributed by atoms with van der Waals surface area (Å²) in [5, 5.41) is 11.6. The van der Waals surface area contributed by atoms with E-state index in [-0.39, 0.29) is 0 Å². The van der Waals surface area contributed by atoms with Crippen LogP contribution in [0.15, 0.2) is 24.3 Å². The van der Waals surface area contributed by atoms with Gasteiger partial charge in [0.05, 0.1) is 5.60 Å². The Morgan fingerprint density at radius 1 is 1.17 bits per heavy atom. The van der Waals surface area contributed by atoms with Crippen LogP contribution in [-0.4, -0.2) is 29.1 Å². The van der Waals surface area contributed by atoms with Crippen molar-refractivity contribution in [2.45, 2.75) is 43.7 Å². The van der Waals surface area contributed by atoms with Gasteiger partial charge in [0.25, 0.3) is 0 Å². The first kappa shape index (κ1) is 12.5. The fourth-order valence-corrected chi connectivity index (χ4v) is 3.55. The van der Waals surface area contributed by atoms with Crippen LogP contribution in [0.4, 0.5) is 0 Å². The van der Waals surface area contributed by atoms with E-state index in [1.807, 2.05) is 24.3 Å². The van der Waals surface area contributed by atoms with Gasteiger partial charge in [-0.25, -0.2) is 0 Å². The van der Waals surface area contributed by atoms with Gasteiger partial charge in [-0.05, 0) is 49.9 Å². The zero-order valence-electron chi connectivity index (χ0n) is 10.6. The van der Waals surface area contributed by atoms with Crippen molar-refractivity contribution in [1.82, 2.24) is 4.90 Å². The summed E-state index contributed by atoms with van der Waals surface area (Å²) in [6, 6.07) is 8.26. The molecule has 1 aromatic rings. The van der Waals surface area contributed by atoms with Gasteiger partial charge < -0.3 is 10.0 Å². The molecule has 2 fully saturated rings. The lowest BCUT2D eigenvalue weighted by Crippen LogP contribution is -2.50. The number of benzene rings is 1. The van der Waals surface area contributed by atoms with E-state index < -0.39 is 5.60 Å². The van der Waals surface area contributed by atoms with Gasteiger partial charge >= 0.3 is 0 Å². The molecule has 1 N–H and O–H groups in total. The van der Waals surface area contributed by atoms with E-state index in [9.17, 15) is 5.11 Å². The number of fused-ring (bicyclic) bond motifs is 1. The van der Waals surface area contributed by atoms with E-state index in [0.29, 0.717) is 6.04 Å². The van der Waals surface area contributed by atoms with Gasteiger partial charge in [-0.15, -0.1) is 0 Å². The van der Waals surface area contributed by atoms with Crippen LogP contribution in [0.25, 0.3) is 0 Å². The van der Waals surface area contributed by atoms with Crippen molar-refractivity contribution in [3.05, 3.63) is 34.9 Å². The first-order valence-electron chi connectivity index (χ1n) is 6.90. The maximum Gasteiger partial charge on any atom is 0.0923 e. The highest BCUT2D eigenvalue weighted by Crippen LogP contribution is 2.39. The van der Waals surface area contributed by atoms with Crippen LogP contribution in [0.5, 0.6) is 0 Å². The molecule has 0 saturated carbocycles. The predicted molar refractivity (Wildman–Crippen MR) is 73.8 cm³/mol. The van der Waals surface area contributed by atoms with Gasteiger partial charge in [-0.1, -0.05) is 30.2 Å². The third-order valence-corrected chi connectivity index (χ3v) is 4.77. The minimum absolute atomic E-state index is 0.563. The van der Waals surface area contributed by atoms with Gasteiger partial charge in [0.2, 0.25) is 0 Å². The average Bonchev–Trinajstić information content (AvgIpc) is 2.39. The van der Waals surface area contributed by atoms with E-state index in [4.69, 9.17) is 11.6 Å². The molecule has 2 atom stereocenters. The molecule has 0 amide bonds. The molecule has 0 aromatic heterocycles. The third kappa shape index (κ3) is 2.29. The standard InChI is InChI=1S/C15H20ClNO/c16-13-6-4-12(5-7-13)15(18)8-10-17-9-2-1-3-14(17)11-15/h4-7,14,18H,1-3,8-11H2/t14?,15-/m1/s1. The van der Waals surface area contributed by atoms with Gasteiger partial charge in [-0.3, -0.25) is 0 Å². The molecular formula is C15H20ClNO. The maximum absolute atomic E-state index is 10.9. The molecule has 98 valence electrons. The molecule has 2 aliphatic heterocycles. The van der Waals surface area contributed by atoms with E-state index in [1.54, 1.807) is 0 Å². The van der Waals surface area contributed by atoms with Crippen LogP contribution in [0.2, 0.25) is 5.02 Å². The van der Waals surface area contributed by atoms with Crippen LogP contribution in [0.1, 0.15) is 37.7 Å². The summed E-state index contributed by atoms with van der Waals surface area (Å²) in [6.45, 7) is 2.23. The van der Waals surface area contributed by atoms with E-state index >= 15 is 0 Å². The van der Waals surface area contributed by atoms with Crippen molar-refractivity contribution in [3.8, 4) is 0 Å². The molecule has 2 aliphatic rings. The van der Waals surface area contributed by atoms with E-state index in [1.165, 1.54) is 25.8 Å². The summed E-state index contributed by atoms with van der Waals surface area (Å²) >= 11 is 5.92. The zero-order valence-corrected chi connectivity index (χ0v) is 11.4. The number of rotatable bonds is 1. The molecule has 0 spiro atoms. The molecule has 1 unspecified atom stereocenters. The molecule has 2 nitrogen and oxygen atoms in total. The van der Waals surface area contributed by atoms with Gasteiger partial charge in [-0.2, -0.15) is 0 Å². The van der Waals surface area contributed by atoms with Crippen LogP contribution >= 0.6 is 11.6 Å². The van der Waals surface area contributed by atoms with E-state index in [0.717, 1.165) is 30.0 Å². The number of hydrogen-bond donors (Lipinski definition) is 1. The second kappa shape index (κ2) is 4.84. The lowest BCUT2D eigenvalue weighted by molar-refractivity contribution is -0.0611. The normalized spacial score (nSPS) is 33.1. The van der Waals surface area contributed by atoms with Crippen molar-refractivity contribution >= 4 is 11.6 Å². The van der Waals surface area contributed by atoms with Gasteiger partial charge in [0.1, 0.15) is 0 Å². The van der Waals surface area contributed by atoms with Crippen LogP contribution < -0.4 is 0 Å². The zero-order chi connectivity index (χ0) is 12.6. The average molecular weight is 266 g/mol. The largest absolute Gasteiger partial charge is 0.385 e. The fourth-order valence-electron chi connectivity index (χ4n) is 3.43. The fraction of sp³-hybridized carbons (Fsp3) is 0.600. The lowest BCUT2D eigenvalue weighted by atomic mass is 9.78. The molecule has 2 heterocycles. The summed E-state index contributed by atoms with van der Waals surface area (Å²) in [7, 11) is 0. The van der Waals surface area contributed by atoms with E-state index in [2.05, 4.69) is 4.90 Å². The molecule has 0 aliphatic carbocycles. The first-order chi connectivity index (χ1) is 8.67. The smallest absolute Gasteiger partial charge is 0.0923 e. The van der Waals surface area contributed by atoms with Crippen LogP contribution in [0, 0.1) is 0 Å². The molecular weight excluding hydrogens is 246 g/mol. The highest BCUT2D eigenvalue weighted by molar-refractivity contribution is 6.30. The van der Waals surface area contributed by atoms with Crippen molar-refractivity contribution in [3.63, 3.8) is 0 Å². The van der Waals surface area contributed by atoms with Gasteiger partial charge in [0.15, 0.2) is 0 Å². The Morgan fingerprint density at radius 3 is 2.72 bits per heavy atom. The topological polar surface area (TPSA) is 23.5 Å². The summed E-state index contributed by atoms with van der Waals surface area (Å²) in [5.74, 6) is 0. The van der Waals surface area contributed by atoms with Crippen molar-refractivity contribution in [2.75, 3.05) is 13.1 Å². The van der Waals surface area contributed by atoms with Crippen molar-refractivity contribution in [2.24, 2.45) is 0 Å². The summed E-state index contributed by atoms with van der Waals surface area (Å²) in [5.41, 5.74) is 0.375. The van der Waals surface area contributed by atoms with Gasteiger partial charge in [0, 0.05) is 17.6 Å². The second-order valence-electron chi connectivity index (χ2n) is 5.68. The maximum atomic E-state index is 10.9. The minimum Gasteiger partial charge on any atom is -0.385 e. The number of halogens is 1. The molecule has 0 bridgehead atoms. The molecule has 18 heavy (non-hydrogen) atoms. The van der Waals surface area contributed by atoms with Crippen molar-refractivity contribution in [1.29, 1.82) is 0 Å². The predicted octanol–water partition coefficient (Wildman–Crippen LogP) is 3.18. The quantitative estimate of drug-likeness (QED) is 0.843. The van der Waals surface area contributed by atoms with Crippen LogP contribution in [-0.2, 0) is 5.60 Å². The highest BCUT2D eigenvalue weighted by Gasteiger charge is 2.40. The molecule has 3 rings (SSSR count). The van der Waals surface area contributed by atoms with Crippen molar-refractivity contribution < 1.29 is 5.11 Å². The molecule has 0 radical (unpaired) electrons. The summed E-state index contributed by atoms with van der Waals surface area (Å²) < 4.78 is 0. The number of aliphatic hydroxyl groups is 1. The Kier molecular flexibility index (Phi) is 3.35. The summed E-state index contributed by atoms with van der Waals surface area (Å²) in [4.78, 5) is 2.55. The SMILES string of the molecule is O[C@]1(c2ccc(Cl)cc2)CCN2CCCCC2C1. The van der Waals surface area contributed by atoms with Crippen LogP contribution in [0.3, 0.4) is 0 Å². The number of hydrogen-bond acceptors (Lipinski definition) is 2. The minimum atomic E-state index is -0.650. The third-order valence-electron chi connectivity index (χ3n) is 4.52. The molecule has 3 heteroatoms.